The Morgan fingerprint density at radius 1 is 1.38 bits per heavy atom. The van der Waals surface area contributed by atoms with Gasteiger partial charge in [0, 0.05) is 50.4 Å². The summed E-state index contributed by atoms with van der Waals surface area (Å²) in [6.45, 7) is 4.00. The maximum atomic E-state index is 9.05. The molecule has 1 aromatic rings. The fourth-order valence-electron chi connectivity index (χ4n) is 0.765. The average Bonchev–Trinajstić information content (AvgIpc) is 2.20. The topological polar surface area (TPSA) is 103 Å². The average molecular weight is 473 g/mol. The zero-order chi connectivity index (χ0) is 12.1. The van der Waals surface area contributed by atoms with E-state index in [1.807, 2.05) is 13.8 Å². The van der Waals surface area contributed by atoms with Crippen LogP contribution in [0.15, 0.2) is 23.4 Å². The molecule has 0 atom stereocenters. The van der Waals surface area contributed by atoms with Crippen molar-refractivity contribution in [3.05, 3.63) is 18.3 Å². The van der Waals surface area contributed by atoms with Crippen molar-refractivity contribution in [1.82, 2.24) is 4.98 Å². The number of aromatic nitrogens is 1. The van der Waals surface area contributed by atoms with Crippen LogP contribution < -0.4 is 10.2 Å². The summed E-state index contributed by atoms with van der Waals surface area (Å²) in [6, 6.07) is 2.81. The molecule has 1 rings (SSSR count). The van der Waals surface area contributed by atoms with Crippen LogP contribution in [-0.2, 0) is 0 Å². The third kappa shape index (κ3) is 6.06. The van der Waals surface area contributed by atoms with Crippen LogP contribution in [0.5, 0.6) is 0 Å². The third-order valence-electron chi connectivity index (χ3n) is 1.40. The van der Waals surface area contributed by atoms with Crippen LogP contribution in [0.1, 0.15) is 13.8 Å². The minimum atomic E-state index is -3.31. The molecule has 5 N–H and O–H groups in total. The van der Waals surface area contributed by atoms with Gasteiger partial charge in [0.2, 0.25) is 0 Å². The van der Waals surface area contributed by atoms with Gasteiger partial charge in [0.25, 0.3) is 0 Å². The van der Waals surface area contributed by atoms with Crippen molar-refractivity contribution in [1.29, 1.82) is 0 Å². The normalized spacial score (nSPS) is 10.7. The summed E-state index contributed by atoms with van der Waals surface area (Å²) in [5.74, 6) is 0. The summed E-state index contributed by atoms with van der Waals surface area (Å²) in [5, 5.41) is 14.9. The van der Waals surface area contributed by atoms with E-state index in [4.69, 9.17) is 19.5 Å². The second-order valence-corrected chi connectivity index (χ2v) is 4.07. The van der Waals surface area contributed by atoms with E-state index in [0.29, 0.717) is 5.69 Å². The van der Waals surface area contributed by atoms with Crippen molar-refractivity contribution in [2.75, 3.05) is 12.1 Å². The molecule has 0 aliphatic rings. The summed E-state index contributed by atoms with van der Waals surface area (Å²) in [4.78, 5) is 3.67. The van der Waals surface area contributed by atoms with E-state index in [9.17, 15) is 0 Å². The van der Waals surface area contributed by atoms with Crippen LogP contribution in [0.25, 0.3) is 0 Å². The number of pyridine rings is 1. The van der Waals surface area contributed by atoms with E-state index < -0.39 is 10.8 Å². The number of nitrogens with two attached hydrogens (primary N) is 1. The largest absolute Gasteiger partial charge is 0.289 e. The Balaban J connectivity index is 0. The molecule has 0 saturated heterocycles. The summed E-state index contributed by atoms with van der Waals surface area (Å²) < 4.78 is 18.1. The first-order valence-corrected chi connectivity index (χ1v) is 5.97. The number of hydrogen-bond acceptors (Lipinski definition) is 6. The second-order valence-electron chi connectivity index (χ2n) is 2.47. The van der Waals surface area contributed by atoms with Gasteiger partial charge in [-0.25, -0.2) is 10.1 Å². The molecule has 0 radical (unpaired) electrons. The Morgan fingerprint density at radius 3 is 2.25 bits per heavy atom. The van der Waals surface area contributed by atoms with Crippen LogP contribution in [0.2, 0.25) is 0 Å². The van der Waals surface area contributed by atoms with Gasteiger partial charge in [-0.1, -0.05) is 24.6 Å². The molecule has 0 amide bonds. The molecule has 92 valence electrons. The molecular formula is C8H17N3O3SU. The van der Waals surface area contributed by atoms with Gasteiger partial charge < -0.3 is 0 Å². The molecule has 1 heterocycles. The van der Waals surface area contributed by atoms with Gasteiger partial charge in [0.1, 0.15) is 0 Å². The third-order valence-corrected chi connectivity index (χ3v) is 2.24. The van der Waals surface area contributed by atoms with E-state index in [1.165, 1.54) is 25.4 Å². The number of hydrogen-bond donors (Lipinski definition) is 4. The van der Waals surface area contributed by atoms with Crippen molar-refractivity contribution in [3.8, 4) is 0 Å². The zero-order valence-electron chi connectivity index (χ0n) is 9.45. The molecule has 0 spiro atoms. The molecule has 8 heteroatoms. The van der Waals surface area contributed by atoms with Crippen molar-refractivity contribution in [2.24, 2.45) is 5.14 Å². The maximum absolute atomic E-state index is 9.05. The van der Waals surface area contributed by atoms with Crippen molar-refractivity contribution >= 4 is 16.5 Å². The predicted octanol–water partition coefficient (Wildman–Crippen LogP) is 1.92. The van der Waals surface area contributed by atoms with Crippen molar-refractivity contribution in [2.45, 2.75) is 18.9 Å². The molecule has 0 aromatic carbocycles. The smallest absolute Gasteiger partial charge is 0.165 e. The fraction of sp³-hybridized carbons (Fsp3) is 0.375. The van der Waals surface area contributed by atoms with Crippen LogP contribution in [0.3, 0.4) is 0 Å². The molecular weight excluding hydrogens is 456 g/mol. The Labute approximate surface area is 121 Å². The molecule has 16 heavy (non-hydrogen) atoms. The predicted molar refractivity (Wildman–Crippen MR) is 61.1 cm³/mol. The summed E-state index contributed by atoms with van der Waals surface area (Å²) in [6.07, 6.45) is 1.33. The quantitative estimate of drug-likeness (QED) is 0.490. The van der Waals surface area contributed by atoms with Crippen molar-refractivity contribution in [3.63, 3.8) is 0 Å². The Morgan fingerprint density at radius 2 is 1.88 bits per heavy atom. The van der Waals surface area contributed by atoms with Gasteiger partial charge in [0.15, 0.2) is 5.03 Å². The van der Waals surface area contributed by atoms with Gasteiger partial charge in [0.05, 0.1) is 5.69 Å². The number of hydroxylamine groups is 1. The molecule has 1 aromatic heterocycles. The molecule has 0 aliphatic carbocycles. The Bertz CT molecular complexity index is 307. The molecule has 6 nitrogen and oxygen atoms in total. The summed E-state index contributed by atoms with van der Waals surface area (Å²) >= 11 is 0. The van der Waals surface area contributed by atoms with Crippen LogP contribution in [0.4, 0.5) is 5.69 Å². The molecule has 0 unspecified atom stereocenters. The van der Waals surface area contributed by atoms with E-state index in [0.717, 1.165) is 5.06 Å². The monoisotopic (exact) mass is 473 g/mol. The van der Waals surface area contributed by atoms with E-state index in [2.05, 4.69) is 4.98 Å². The number of nitrogens with zero attached hydrogens (tertiary/aromatic N) is 2. The van der Waals surface area contributed by atoms with Gasteiger partial charge in [-0.2, -0.15) is 0 Å². The van der Waals surface area contributed by atoms with Crippen LogP contribution >= 0.6 is 10.8 Å². The fourth-order valence-corrected chi connectivity index (χ4v) is 1.27. The van der Waals surface area contributed by atoms with Crippen molar-refractivity contribution < 1.29 is 45.4 Å². The Hall–Kier alpha value is 0.192. The molecule has 0 saturated carbocycles. The molecule has 0 fully saturated rings. The SMILES string of the molecule is CC.CN(O)c1ccnc(S(N)(O)O)c1.[U]. The van der Waals surface area contributed by atoms with E-state index in [-0.39, 0.29) is 36.1 Å². The van der Waals surface area contributed by atoms with E-state index >= 15 is 0 Å². The number of anilines is 1. The minimum Gasteiger partial charge on any atom is -0.289 e. The molecule has 0 bridgehead atoms. The summed E-state index contributed by atoms with van der Waals surface area (Å²) in [7, 11) is -1.90. The van der Waals surface area contributed by atoms with Crippen LogP contribution in [0, 0.1) is 31.1 Å². The minimum absolute atomic E-state index is 0. The maximum Gasteiger partial charge on any atom is 0.165 e. The Kier molecular flexibility index (Phi) is 9.63. The standard InChI is InChI=1S/C6H11N3O3S.C2H6.U/c1-9(10)5-2-3-8-6(4-5)13(7,11)12;1-2;/h2-4,10-12H,7H2,1H3;1-2H3;. The van der Waals surface area contributed by atoms with Crippen LogP contribution in [-0.4, -0.2) is 26.3 Å². The van der Waals surface area contributed by atoms with Gasteiger partial charge >= 0.3 is 0 Å². The van der Waals surface area contributed by atoms with Gasteiger partial charge in [-0.3, -0.25) is 19.4 Å². The first-order chi connectivity index (χ1) is 6.91. The van der Waals surface area contributed by atoms with E-state index in [1.54, 1.807) is 0 Å². The van der Waals surface area contributed by atoms with Gasteiger partial charge in [-0.05, 0) is 6.07 Å². The van der Waals surface area contributed by atoms with Gasteiger partial charge in [-0.15, -0.1) is 0 Å². The first-order valence-electron chi connectivity index (χ1n) is 4.36. The zero-order valence-corrected chi connectivity index (χ0v) is 14.4. The number of rotatable bonds is 2. The second kappa shape index (κ2) is 8.31. The first kappa shape index (κ1) is 18.6. The molecule has 0 aliphatic heterocycles. The summed E-state index contributed by atoms with van der Waals surface area (Å²) in [5.41, 5.74) is 0.385.